The molecule has 1 unspecified atom stereocenters. The maximum absolute atomic E-state index is 11.0. The molecular weight excluding hydrogens is 178 g/mol. The number of para-hydroxylation sites is 1. The fourth-order valence-corrected chi connectivity index (χ4v) is 1.14. The van der Waals surface area contributed by atoms with Crippen LogP contribution in [0.3, 0.4) is 0 Å². The molecule has 1 aromatic rings. The van der Waals surface area contributed by atoms with Crippen molar-refractivity contribution in [1.29, 1.82) is 0 Å². The van der Waals surface area contributed by atoms with E-state index in [0.29, 0.717) is 6.42 Å². The number of benzene rings is 1. The zero-order chi connectivity index (χ0) is 10.4. The Bertz CT molecular complexity index is 285. The minimum Gasteiger partial charge on any atom is -0.490 e. The van der Waals surface area contributed by atoms with Crippen LogP contribution in [0.4, 0.5) is 0 Å². The summed E-state index contributed by atoms with van der Waals surface area (Å²) in [7, 11) is 1.62. The minimum atomic E-state index is -0.0997. The molecule has 3 heteroatoms. The average molecular weight is 193 g/mol. The summed E-state index contributed by atoms with van der Waals surface area (Å²) in [5, 5.41) is 2.56. The molecule has 0 radical (unpaired) electrons. The van der Waals surface area contributed by atoms with Crippen LogP contribution in [0, 0.1) is 0 Å². The second-order valence-corrected chi connectivity index (χ2v) is 3.12. The summed E-state index contributed by atoms with van der Waals surface area (Å²) in [6.07, 6.45) is 0.281. The van der Waals surface area contributed by atoms with Crippen molar-refractivity contribution in [3.63, 3.8) is 0 Å². The molecule has 1 amide bonds. The first-order valence-corrected chi connectivity index (χ1v) is 4.64. The van der Waals surface area contributed by atoms with Gasteiger partial charge in [-0.15, -0.1) is 0 Å². The molecule has 0 fully saturated rings. The van der Waals surface area contributed by atoms with Gasteiger partial charge in [0, 0.05) is 7.05 Å². The number of rotatable bonds is 4. The highest BCUT2D eigenvalue weighted by molar-refractivity contribution is 5.76. The van der Waals surface area contributed by atoms with Crippen LogP contribution < -0.4 is 10.1 Å². The largest absolute Gasteiger partial charge is 0.490 e. The van der Waals surface area contributed by atoms with E-state index in [1.54, 1.807) is 7.05 Å². The summed E-state index contributed by atoms with van der Waals surface area (Å²) < 4.78 is 5.53. The zero-order valence-electron chi connectivity index (χ0n) is 8.49. The second kappa shape index (κ2) is 5.27. The number of ether oxygens (including phenoxy) is 1. The van der Waals surface area contributed by atoms with E-state index in [2.05, 4.69) is 5.32 Å². The first-order valence-electron chi connectivity index (χ1n) is 4.64. The van der Waals surface area contributed by atoms with Crippen LogP contribution in [0.2, 0.25) is 0 Å². The van der Waals surface area contributed by atoms with Gasteiger partial charge in [-0.1, -0.05) is 18.2 Å². The lowest BCUT2D eigenvalue weighted by Crippen LogP contribution is -2.25. The quantitative estimate of drug-likeness (QED) is 0.788. The lowest BCUT2D eigenvalue weighted by molar-refractivity contribution is -0.122. The number of hydrogen-bond donors (Lipinski definition) is 1. The molecule has 0 saturated carbocycles. The van der Waals surface area contributed by atoms with Gasteiger partial charge < -0.3 is 10.1 Å². The molecule has 0 saturated heterocycles. The van der Waals surface area contributed by atoms with Crippen LogP contribution in [-0.2, 0) is 4.79 Å². The normalized spacial score (nSPS) is 11.9. The van der Waals surface area contributed by atoms with E-state index in [-0.39, 0.29) is 12.0 Å². The van der Waals surface area contributed by atoms with Crippen molar-refractivity contribution in [2.45, 2.75) is 19.4 Å². The fourth-order valence-electron chi connectivity index (χ4n) is 1.14. The molecule has 3 nitrogen and oxygen atoms in total. The van der Waals surface area contributed by atoms with Crippen molar-refractivity contribution in [3.05, 3.63) is 30.3 Å². The molecule has 1 N–H and O–H groups in total. The number of amides is 1. The SMILES string of the molecule is CNC(=O)CC(C)Oc1ccccc1. The summed E-state index contributed by atoms with van der Waals surface area (Å²) in [5.41, 5.74) is 0. The van der Waals surface area contributed by atoms with Gasteiger partial charge in [-0.2, -0.15) is 0 Å². The van der Waals surface area contributed by atoms with Crippen molar-refractivity contribution in [3.8, 4) is 5.75 Å². The van der Waals surface area contributed by atoms with Crippen LogP contribution >= 0.6 is 0 Å². The van der Waals surface area contributed by atoms with Crippen molar-refractivity contribution in [2.75, 3.05) is 7.05 Å². The number of carbonyl (C=O) groups excluding carboxylic acids is 1. The molecule has 0 bridgehead atoms. The summed E-state index contributed by atoms with van der Waals surface area (Å²) >= 11 is 0. The smallest absolute Gasteiger partial charge is 0.223 e. The van der Waals surface area contributed by atoms with Crippen molar-refractivity contribution in [2.24, 2.45) is 0 Å². The van der Waals surface area contributed by atoms with E-state index in [4.69, 9.17) is 4.74 Å². The van der Waals surface area contributed by atoms with Gasteiger partial charge in [0.2, 0.25) is 5.91 Å². The zero-order valence-corrected chi connectivity index (χ0v) is 8.49. The van der Waals surface area contributed by atoms with Gasteiger partial charge in [0.15, 0.2) is 0 Å². The molecule has 14 heavy (non-hydrogen) atoms. The van der Waals surface area contributed by atoms with Crippen LogP contribution in [0.5, 0.6) is 5.75 Å². The fraction of sp³-hybridized carbons (Fsp3) is 0.364. The van der Waals surface area contributed by atoms with E-state index in [9.17, 15) is 4.79 Å². The van der Waals surface area contributed by atoms with E-state index in [0.717, 1.165) is 5.75 Å². The molecule has 0 heterocycles. The first-order chi connectivity index (χ1) is 6.72. The molecule has 1 aromatic carbocycles. The third-order valence-corrected chi connectivity index (χ3v) is 1.83. The van der Waals surface area contributed by atoms with Crippen LogP contribution in [0.25, 0.3) is 0 Å². The highest BCUT2D eigenvalue weighted by atomic mass is 16.5. The van der Waals surface area contributed by atoms with Gasteiger partial charge >= 0.3 is 0 Å². The predicted molar refractivity (Wildman–Crippen MR) is 55.2 cm³/mol. The maximum atomic E-state index is 11.0. The molecule has 0 spiro atoms. The summed E-state index contributed by atoms with van der Waals surface area (Å²) in [6.45, 7) is 1.88. The standard InChI is InChI=1S/C11H15NO2/c1-9(8-11(13)12-2)14-10-6-4-3-5-7-10/h3-7,9H,8H2,1-2H3,(H,12,13). The van der Waals surface area contributed by atoms with E-state index >= 15 is 0 Å². The summed E-state index contributed by atoms with van der Waals surface area (Å²) in [5.74, 6) is 0.789. The van der Waals surface area contributed by atoms with Gasteiger partial charge in [-0.25, -0.2) is 0 Å². The average Bonchev–Trinajstić information content (AvgIpc) is 2.19. The number of nitrogens with one attached hydrogen (secondary N) is 1. The Balaban J connectivity index is 2.41. The maximum Gasteiger partial charge on any atom is 0.223 e. The first kappa shape index (κ1) is 10.6. The van der Waals surface area contributed by atoms with Gasteiger partial charge in [-0.05, 0) is 19.1 Å². The predicted octanol–water partition coefficient (Wildman–Crippen LogP) is 1.59. The second-order valence-electron chi connectivity index (χ2n) is 3.12. The van der Waals surface area contributed by atoms with Crippen molar-refractivity contribution in [1.82, 2.24) is 5.32 Å². The van der Waals surface area contributed by atoms with Crippen LogP contribution in [0.1, 0.15) is 13.3 Å². The third kappa shape index (κ3) is 3.47. The van der Waals surface area contributed by atoms with Gasteiger partial charge in [0.25, 0.3) is 0 Å². The van der Waals surface area contributed by atoms with E-state index < -0.39 is 0 Å². The van der Waals surface area contributed by atoms with Crippen molar-refractivity contribution < 1.29 is 9.53 Å². The Morgan fingerprint density at radius 1 is 1.43 bits per heavy atom. The monoisotopic (exact) mass is 193 g/mol. The van der Waals surface area contributed by atoms with Crippen LogP contribution in [0.15, 0.2) is 30.3 Å². The molecule has 76 valence electrons. The molecule has 0 aromatic heterocycles. The van der Waals surface area contributed by atoms with Crippen molar-refractivity contribution >= 4 is 5.91 Å². The van der Waals surface area contributed by atoms with Crippen LogP contribution in [-0.4, -0.2) is 19.1 Å². The number of carbonyl (C=O) groups is 1. The Hall–Kier alpha value is -1.51. The topological polar surface area (TPSA) is 38.3 Å². The molecule has 1 rings (SSSR count). The molecule has 0 aliphatic carbocycles. The van der Waals surface area contributed by atoms with Gasteiger partial charge in [-0.3, -0.25) is 4.79 Å². The Labute approximate surface area is 84.1 Å². The van der Waals surface area contributed by atoms with Gasteiger partial charge in [0.1, 0.15) is 11.9 Å². The molecule has 0 aliphatic heterocycles. The van der Waals surface area contributed by atoms with E-state index in [1.807, 2.05) is 37.3 Å². The lowest BCUT2D eigenvalue weighted by Gasteiger charge is -2.13. The lowest BCUT2D eigenvalue weighted by atomic mass is 10.2. The highest BCUT2D eigenvalue weighted by Crippen LogP contribution is 2.11. The highest BCUT2D eigenvalue weighted by Gasteiger charge is 2.08. The van der Waals surface area contributed by atoms with Gasteiger partial charge in [0.05, 0.1) is 6.42 Å². The minimum absolute atomic E-state index is 0.00608. The summed E-state index contributed by atoms with van der Waals surface area (Å²) in [4.78, 5) is 11.0. The van der Waals surface area contributed by atoms with E-state index in [1.165, 1.54) is 0 Å². The Morgan fingerprint density at radius 2 is 2.07 bits per heavy atom. The molecule has 0 aliphatic rings. The Morgan fingerprint density at radius 3 is 2.64 bits per heavy atom. The number of hydrogen-bond acceptors (Lipinski definition) is 2. The Kier molecular flexibility index (Phi) is 3.98. The summed E-state index contributed by atoms with van der Waals surface area (Å²) in [6, 6.07) is 9.49. The molecule has 1 atom stereocenters. The molecular formula is C11H15NO2. The third-order valence-electron chi connectivity index (χ3n) is 1.83.